The number of anilines is 2. The van der Waals surface area contributed by atoms with E-state index in [0.717, 1.165) is 49.2 Å². The average Bonchev–Trinajstić information content (AvgIpc) is 3.55. The monoisotopic (exact) mass is 513 g/mol. The minimum atomic E-state index is -4.51. The average molecular weight is 514 g/mol. The van der Waals surface area contributed by atoms with Crippen LogP contribution in [-0.2, 0) is 12.7 Å². The molecule has 0 atom stereocenters. The maximum absolute atomic E-state index is 12.8. The first-order valence-electron chi connectivity index (χ1n) is 11.7. The number of carbonyl (C=O) groups excluding carboxylic acids is 1. The van der Waals surface area contributed by atoms with Crippen molar-refractivity contribution in [3.63, 3.8) is 0 Å². The number of amides is 2. The first-order valence-corrected chi connectivity index (χ1v) is 11.7. The van der Waals surface area contributed by atoms with Gasteiger partial charge in [0.15, 0.2) is 0 Å². The predicted octanol–water partition coefficient (Wildman–Crippen LogP) is 3.86. The number of nitrogens with one attached hydrogen (secondary N) is 3. The highest BCUT2D eigenvalue weighted by atomic mass is 19.4. The Kier molecular flexibility index (Phi) is 6.86. The molecular weight excluding hydrogens is 489 g/mol. The van der Waals surface area contributed by atoms with E-state index in [-0.39, 0.29) is 18.1 Å². The molecule has 1 saturated heterocycles. The summed E-state index contributed by atoms with van der Waals surface area (Å²) in [4.78, 5) is 16.6. The Morgan fingerprint density at radius 1 is 1.14 bits per heavy atom. The highest BCUT2D eigenvalue weighted by Crippen LogP contribution is 2.30. The second-order valence-corrected chi connectivity index (χ2v) is 8.65. The quantitative estimate of drug-likeness (QED) is 0.338. The lowest BCUT2D eigenvalue weighted by Gasteiger charge is -2.22. The molecule has 0 aliphatic carbocycles. The molecule has 0 saturated carbocycles. The highest BCUT2D eigenvalue weighted by Gasteiger charge is 2.30. The van der Waals surface area contributed by atoms with E-state index in [9.17, 15) is 18.0 Å². The molecule has 1 fully saturated rings. The molecule has 3 aromatic heterocycles. The van der Waals surface area contributed by atoms with E-state index in [0.29, 0.717) is 11.7 Å². The van der Waals surface area contributed by atoms with Crippen LogP contribution in [0.5, 0.6) is 0 Å². The summed E-state index contributed by atoms with van der Waals surface area (Å²) < 4.78 is 47.1. The van der Waals surface area contributed by atoms with E-state index in [2.05, 4.69) is 31.3 Å². The number of nitrogens with zero attached hydrogens (tertiary/aromatic N) is 5. The smallest absolute Gasteiger partial charge is 0.317 e. The van der Waals surface area contributed by atoms with Crippen LogP contribution in [0.15, 0.2) is 65.7 Å². The van der Waals surface area contributed by atoms with E-state index in [1.54, 1.807) is 6.20 Å². The largest absolute Gasteiger partial charge is 0.416 e. The van der Waals surface area contributed by atoms with Crippen LogP contribution in [0, 0.1) is 0 Å². The second-order valence-electron chi connectivity index (χ2n) is 8.65. The van der Waals surface area contributed by atoms with Crippen molar-refractivity contribution in [2.75, 3.05) is 23.7 Å². The molecule has 13 heteroatoms. The van der Waals surface area contributed by atoms with Crippen molar-refractivity contribution in [1.29, 1.82) is 0 Å². The first-order chi connectivity index (χ1) is 17.8. The molecule has 0 unspecified atom stereocenters. The molecule has 1 aromatic carbocycles. The van der Waals surface area contributed by atoms with Crippen molar-refractivity contribution in [3.05, 3.63) is 72.4 Å². The van der Waals surface area contributed by atoms with Gasteiger partial charge in [-0.3, -0.25) is 19.5 Å². The molecule has 4 aromatic rings. The van der Waals surface area contributed by atoms with Crippen molar-refractivity contribution >= 4 is 17.6 Å². The normalized spacial score (nSPS) is 14.5. The van der Waals surface area contributed by atoms with Gasteiger partial charge >= 0.3 is 18.1 Å². The zero-order valence-corrected chi connectivity index (χ0v) is 19.6. The predicted molar refractivity (Wildman–Crippen MR) is 126 cm³/mol. The zero-order chi connectivity index (χ0) is 25.8. The molecule has 0 bridgehead atoms. The summed E-state index contributed by atoms with van der Waals surface area (Å²) in [6.45, 7) is 2.27. The molecule has 192 valence electrons. The number of aromatic nitrogens is 5. The van der Waals surface area contributed by atoms with Gasteiger partial charge in [-0.1, -0.05) is 12.1 Å². The van der Waals surface area contributed by atoms with Crippen molar-refractivity contribution < 1.29 is 27.2 Å². The third-order valence-corrected chi connectivity index (χ3v) is 5.96. The van der Waals surface area contributed by atoms with E-state index >= 15 is 0 Å². The zero-order valence-electron chi connectivity index (χ0n) is 19.6. The standard InChI is InChI=1S/C24H23F3N8O2/c25-24(26,27)18-2-1-3-19(10-18)31-23(36)32-22-15-34(33-37-22)14-20-5-4-16(11-29-20)17-12-30-35(13-17)21-6-8-28-9-7-21/h1-5,10-13,15,21,28H,6-9,14H2,(H-,31,32,33,36)/p+1. The Morgan fingerprint density at radius 3 is 2.73 bits per heavy atom. The molecule has 1 aliphatic rings. The van der Waals surface area contributed by atoms with Crippen molar-refractivity contribution in [2.45, 2.75) is 31.6 Å². The molecular formula is C24H24F3N8O2+. The molecule has 1 aliphatic heterocycles. The van der Waals surface area contributed by atoms with Crippen LogP contribution in [0.25, 0.3) is 11.1 Å². The molecule has 5 rings (SSSR count). The number of alkyl halides is 3. The van der Waals surface area contributed by atoms with Crippen LogP contribution >= 0.6 is 0 Å². The van der Waals surface area contributed by atoms with Crippen LogP contribution in [0.1, 0.15) is 30.1 Å². The third kappa shape index (κ3) is 6.12. The number of hydrogen-bond donors (Lipinski definition) is 3. The third-order valence-electron chi connectivity index (χ3n) is 5.96. The van der Waals surface area contributed by atoms with E-state index in [1.165, 1.54) is 23.0 Å². The Balaban J connectivity index is 1.16. The molecule has 4 heterocycles. The number of urea groups is 1. The number of pyridine rings is 1. The molecule has 10 nitrogen and oxygen atoms in total. The van der Waals surface area contributed by atoms with Crippen LogP contribution in [-0.4, -0.2) is 39.2 Å². The molecule has 3 N–H and O–H groups in total. The topological polar surface area (TPSA) is 114 Å². The summed E-state index contributed by atoms with van der Waals surface area (Å²) in [5, 5.41) is 16.5. The minimum absolute atomic E-state index is 0.00898. The summed E-state index contributed by atoms with van der Waals surface area (Å²) in [5.74, 6) is 0.0198. The van der Waals surface area contributed by atoms with Crippen LogP contribution in [0.2, 0.25) is 0 Å². The Labute approximate surface area is 209 Å². The second kappa shape index (κ2) is 10.4. The van der Waals surface area contributed by atoms with Gasteiger partial charge in [0.05, 0.1) is 17.8 Å². The summed E-state index contributed by atoms with van der Waals surface area (Å²) in [5.41, 5.74) is 1.78. The summed E-state index contributed by atoms with van der Waals surface area (Å²) in [6, 6.07) is 7.78. The van der Waals surface area contributed by atoms with E-state index in [4.69, 9.17) is 4.52 Å². The van der Waals surface area contributed by atoms with Gasteiger partial charge in [0.2, 0.25) is 11.8 Å². The molecule has 2 amide bonds. The van der Waals surface area contributed by atoms with Gasteiger partial charge in [-0.2, -0.15) is 18.3 Å². The number of hydrogen-bond acceptors (Lipinski definition) is 6. The summed E-state index contributed by atoms with van der Waals surface area (Å²) >= 11 is 0. The van der Waals surface area contributed by atoms with Gasteiger partial charge in [-0.15, -0.1) is 0 Å². The van der Waals surface area contributed by atoms with Gasteiger partial charge < -0.3 is 10.6 Å². The lowest BCUT2D eigenvalue weighted by atomic mass is 10.1. The fourth-order valence-corrected chi connectivity index (χ4v) is 4.07. The number of rotatable bonds is 6. The van der Waals surface area contributed by atoms with Crippen molar-refractivity contribution in [3.8, 4) is 11.1 Å². The maximum Gasteiger partial charge on any atom is 0.416 e. The molecule has 0 radical (unpaired) electrons. The van der Waals surface area contributed by atoms with E-state index in [1.807, 2.05) is 29.2 Å². The minimum Gasteiger partial charge on any atom is -0.317 e. The first kappa shape index (κ1) is 24.4. The van der Waals surface area contributed by atoms with Gasteiger partial charge in [0, 0.05) is 29.2 Å². The van der Waals surface area contributed by atoms with Gasteiger partial charge in [0.1, 0.15) is 5.69 Å². The Bertz CT molecular complexity index is 1360. The molecule has 0 spiro atoms. The Hall–Kier alpha value is -4.26. The van der Waals surface area contributed by atoms with Crippen LogP contribution < -0.4 is 20.6 Å². The number of halogens is 3. The fraction of sp³-hybridized carbons (Fsp3) is 0.292. The van der Waals surface area contributed by atoms with Crippen molar-refractivity contribution in [1.82, 2.24) is 25.4 Å². The van der Waals surface area contributed by atoms with Crippen molar-refractivity contribution in [2.24, 2.45) is 0 Å². The fourth-order valence-electron chi connectivity index (χ4n) is 4.07. The van der Waals surface area contributed by atoms with Gasteiger partial charge in [-0.05, 0) is 54.9 Å². The highest BCUT2D eigenvalue weighted by molar-refractivity contribution is 5.98. The summed E-state index contributed by atoms with van der Waals surface area (Å²) in [7, 11) is 0. The van der Waals surface area contributed by atoms with Crippen LogP contribution in [0.3, 0.4) is 0 Å². The SMILES string of the molecule is O=C(Nc1cccc(C(F)(F)F)c1)Nc1c[n+](Cc2ccc(-c3cnn(C4CCNCC4)c3)cn2)no1. The number of piperidine rings is 1. The van der Waals surface area contributed by atoms with Gasteiger partial charge in [0.25, 0.3) is 6.20 Å². The molecule has 37 heavy (non-hydrogen) atoms. The lowest BCUT2D eigenvalue weighted by Crippen LogP contribution is -2.35. The maximum atomic E-state index is 12.8. The number of benzene rings is 1. The van der Waals surface area contributed by atoms with Crippen LogP contribution in [0.4, 0.5) is 29.5 Å². The van der Waals surface area contributed by atoms with Gasteiger partial charge in [-0.25, -0.2) is 4.79 Å². The lowest BCUT2D eigenvalue weighted by molar-refractivity contribution is -0.755. The van der Waals surface area contributed by atoms with E-state index < -0.39 is 17.8 Å². The number of carbonyl (C=O) groups is 1. The summed E-state index contributed by atoms with van der Waals surface area (Å²) in [6.07, 6.45) is 4.69. The Morgan fingerprint density at radius 2 is 1.97 bits per heavy atom.